The molecule has 1 amide bonds. The molecule has 7 heteroatoms. The van der Waals surface area contributed by atoms with E-state index in [-0.39, 0.29) is 12.3 Å². The number of benzene rings is 3. The third-order valence-electron chi connectivity index (χ3n) is 4.61. The number of hydrogen-bond donors (Lipinski definition) is 2. The smallest absolute Gasteiger partial charge is 0.238 e. The normalized spacial score (nSPS) is 11.2. The third kappa shape index (κ3) is 4.68. The molecule has 3 aromatic carbocycles. The van der Waals surface area contributed by atoms with Gasteiger partial charge >= 0.3 is 0 Å². The van der Waals surface area contributed by atoms with E-state index < -0.39 is 29.0 Å². The van der Waals surface area contributed by atoms with Crippen molar-refractivity contribution in [3.05, 3.63) is 71.5 Å². The molecule has 0 atom stereocenters. The summed E-state index contributed by atoms with van der Waals surface area (Å²) >= 11 is 0. The predicted molar refractivity (Wildman–Crippen MR) is 106 cm³/mol. The van der Waals surface area contributed by atoms with Crippen LogP contribution < -0.4 is 5.32 Å². The first-order chi connectivity index (χ1) is 13.9. The maximum absolute atomic E-state index is 13.8. The molecule has 152 valence electrons. The van der Waals surface area contributed by atoms with Gasteiger partial charge < -0.3 is 10.4 Å². The van der Waals surface area contributed by atoms with Crippen LogP contribution in [0.4, 0.5) is 18.9 Å². The van der Waals surface area contributed by atoms with Crippen molar-refractivity contribution >= 4 is 22.4 Å². The van der Waals surface area contributed by atoms with Crippen molar-refractivity contribution in [2.75, 3.05) is 18.4 Å². The Morgan fingerprint density at radius 3 is 2.55 bits per heavy atom. The van der Waals surface area contributed by atoms with Gasteiger partial charge in [0.1, 0.15) is 5.75 Å². The second-order valence-corrected chi connectivity index (χ2v) is 6.77. The summed E-state index contributed by atoms with van der Waals surface area (Å²) in [5.41, 5.74) is 0.265. The predicted octanol–water partition coefficient (Wildman–Crippen LogP) is 4.81. The first-order valence-electron chi connectivity index (χ1n) is 9.26. The molecule has 0 fully saturated rings. The van der Waals surface area contributed by atoms with Gasteiger partial charge in [0.25, 0.3) is 0 Å². The summed E-state index contributed by atoms with van der Waals surface area (Å²) in [6.07, 6.45) is 0.748. The van der Waals surface area contributed by atoms with Gasteiger partial charge in [0, 0.05) is 12.1 Å². The fraction of sp³-hybridized carbons (Fsp3) is 0.227. The summed E-state index contributed by atoms with van der Waals surface area (Å²) in [4.78, 5) is 14.2. The van der Waals surface area contributed by atoms with Crippen molar-refractivity contribution in [1.29, 1.82) is 0 Å². The number of halogens is 3. The van der Waals surface area contributed by atoms with Gasteiger partial charge in [0.2, 0.25) is 5.91 Å². The molecule has 0 aliphatic rings. The van der Waals surface area contributed by atoms with E-state index in [9.17, 15) is 23.1 Å². The lowest BCUT2D eigenvalue weighted by Gasteiger charge is -2.23. The number of phenols is 1. The van der Waals surface area contributed by atoms with Crippen LogP contribution in [0.1, 0.15) is 18.9 Å². The number of phenolic OH excluding ortho intramolecular Hbond substituents is 1. The number of amides is 1. The zero-order chi connectivity index (χ0) is 21.0. The minimum absolute atomic E-state index is 0.102. The van der Waals surface area contributed by atoms with Crippen molar-refractivity contribution in [1.82, 2.24) is 4.90 Å². The number of anilines is 1. The van der Waals surface area contributed by atoms with E-state index in [2.05, 4.69) is 5.32 Å². The minimum Gasteiger partial charge on any atom is -0.508 e. The Bertz CT molecular complexity index is 1040. The van der Waals surface area contributed by atoms with E-state index in [4.69, 9.17) is 0 Å². The van der Waals surface area contributed by atoms with Crippen molar-refractivity contribution < 1.29 is 23.1 Å². The lowest BCUT2D eigenvalue weighted by atomic mass is 10.0. The van der Waals surface area contributed by atoms with E-state index in [1.54, 1.807) is 11.0 Å². The van der Waals surface area contributed by atoms with Gasteiger partial charge in [-0.1, -0.05) is 37.3 Å². The van der Waals surface area contributed by atoms with Crippen LogP contribution in [0.5, 0.6) is 5.75 Å². The zero-order valence-electron chi connectivity index (χ0n) is 15.9. The molecule has 0 saturated carbocycles. The van der Waals surface area contributed by atoms with Gasteiger partial charge in [0.15, 0.2) is 17.5 Å². The molecule has 0 heterocycles. The molecule has 0 aliphatic carbocycles. The molecule has 0 saturated heterocycles. The highest BCUT2D eigenvalue weighted by atomic mass is 19.2. The van der Waals surface area contributed by atoms with Crippen LogP contribution in [-0.4, -0.2) is 29.0 Å². The number of aromatic hydroxyl groups is 1. The van der Waals surface area contributed by atoms with E-state index in [0.29, 0.717) is 18.7 Å². The number of fused-ring (bicyclic) bond motifs is 1. The molecule has 0 bridgehead atoms. The average molecular weight is 402 g/mol. The summed E-state index contributed by atoms with van der Waals surface area (Å²) in [5.74, 6) is -4.83. The standard InChI is InChI=1S/C22H21F3N2O2/c1-2-11-27(12-16-15-6-4-3-5-14(15)7-10-19(16)28)13-20(29)26-18-9-8-17(23)21(24)22(18)25/h3-10,28H,2,11-13H2,1H3,(H,26,29). The van der Waals surface area contributed by atoms with E-state index in [1.165, 1.54) is 0 Å². The number of rotatable bonds is 7. The summed E-state index contributed by atoms with van der Waals surface area (Å²) in [7, 11) is 0. The highest BCUT2D eigenvalue weighted by Crippen LogP contribution is 2.28. The first-order valence-corrected chi connectivity index (χ1v) is 9.26. The molecule has 2 N–H and O–H groups in total. The number of carbonyl (C=O) groups excluding carboxylic acids is 1. The highest BCUT2D eigenvalue weighted by Gasteiger charge is 2.18. The van der Waals surface area contributed by atoms with Crippen LogP contribution in [-0.2, 0) is 11.3 Å². The highest BCUT2D eigenvalue weighted by molar-refractivity contribution is 5.92. The largest absolute Gasteiger partial charge is 0.508 e. The zero-order valence-corrected chi connectivity index (χ0v) is 15.9. The van der Waals surface area contributed by atoms with Crippen LogP contribution in [0, 0.1) is 17.5 Å². The second-order valence-electron chi connectivity index (χ2n) is 6.77. The molecule has 4 nitrogen and oxygen atoms in total. The summed E-state index contributed by atoms with van der Waals surface area (Å²) < 4.78 is 40.2. The van der Waals surface area contributed by atoms with Crippen molar-refractivity contribution in [2.45, 2.75) is 19.9 Å². The van der Waals surface area contributed by atoms with Gasteiger partial charge in [-0.05, 0) is 41.9 Å². The van der Waals surface area contributed by atoms with E-state index in [1.807, 2.05) is 37.3 Å². The van der Waals surface area contributed by atoms with Crippen molar-refractivity contribution in [3.63, 3.8) is 0 Å². The molecular formula is C22H21F3N2O2. The first kappa shape index (κ1) is 20.7. The second kappa shape index (κ2) is 8.96. The maximum Gasteiger partial charge on any atom is 0.238 e. The Morgan fingerprint density at radius 1 is 1.03 bits per heavy atom. The van der Waals surface area contributed by atoms with Gasteiger partial charge in [0.05, 0.1) is 12.2 Å². The Morgan fingerprint density at radius 2 is 1.79 bits per heavy atom. The lowest BCUT2D eigenvalue weighted by molar-refractivity contribution is -0.117. The van der Waals surface area contributed by atoms with Crippen molar-refractivity contribution in [3.8, 4) is 5.75 Å². The van der Waals surface area contributed by atoms with Crippen LogP contribution in [0.2, 0.25) is 0 Å². The molecular weight excluding hydrogens is 381 g/mol. The number of carbonyl (C=O) groups is 1. The number of nitrogens with one attached hydrogen (secondary N) is 1. The summed E-state index contributed by atoms with van der Waals surface area (Å²) in [6.45, 7) is 2.70. The SMILES string of the molecule is CCCN(CC(=O)Nc1ccc(F)c(F)c1F)Cc1c(O)ccc2ccccc12. The molecule has 0 radical (unpaired) electrons. The Kier molecular flexibility index (Phi) is 6.39. The van der Waals surface area contributed by atoms with Crippen molar-refractivity contribution in [2.24, 2.45) is 0 Å². The van der Waals surface area contributed by atoms with Crippen LogP contribution in [0.3, 0.4) is 0 Å². The number of hydrogen-bond acceptors (Lipinski definition) is 3. The van der Waals surface area contributed by atoms with Gasteiger partial charge in [-0.15, -0.1) is 0 Å². The third-order valence-corrected chi connectivity index (χ3v) is 4.61. The quantitative estimate of drug-likeness (QED) is 0.558. The van der Waals surface area contributed by atoms with Gasteiger partial charge in [-0.25, -0.2) is 13.2 Å². The molecule has 0 spiro atoms. The molecule has 0 aromatic heterocycles. The Labute approximate surface area is 166 Å². The molecule has 0 unspecified atom stereocenters. The van der Waals surface area contributed by atoms with Crippen LogP contribution in [0.15, 0.2) is 48.5 Å². The molecule has 3 aromatic rings. The van der Waals surface area contributed by atoms with E-state index >= 15 is 0 Å². The van der Waals surface area contributed by atoms with Gasteiger partial charge in [-0.3, -0.25) is 9.69 Å². The van der Waals surface area contributed by atoms with E-state index in [0.717, 1.165) is 29.3 Å². The monoisotopic (exact) mass is 402 g/mol. The molecule has 29 heavy (non-hydrogen) atoms. The fourth-order valence-electron chi connectivity index (χ4n) is 3.26. The molecule has 0 aliphatic heterocycles. The summed E-state index contributed by atoms with van der Waals surface area (Å²) in [5, 5.41) is 14.5. The maximum atomic E-state index is 13.8. The Hall–Kier alpha value is -3.06. The van der Waals surface area contributed by atoms with Crippen LogP contribution in [0.25, 0.3) is 10.8 Å². The fourth-order valence-corrected chi connectivity index (χ4v) is 3.26. The Balaban J connectivity index is 1.78. The lowest BCUT2D eigenvalue weighted by Crippen LogP contribution is -2.33. The number of nitrogens with zero attached hydrogens (tertiary/aromatic N) is 1. The summed E-state index contributed by atoms with van der Waals surface area (Å²) in [6, 6.07) is 12.8. The topological polar surface area (TPSA) is 52.6 Å². The van der Waals surface area contributed by atoms with Gasteiger partial charge in [-0.2, -0.15) is 0 Å². The van der Waals surface area contributed by atoms with Crippen LogP contribution >= 0.6 is 0 Å². The average Bonchev–Trinajstić information content (AvgIpc) is 2.70. The minimum atomic E-state index is -1.63. The molecule has 3 rings (SSSR count).